The summed E-state index contributed by atoms with van der Waals surface area (Å²) in [4.78, 5) is 3.81. The first-order valence-electron chi connectivity index (χ1n) is 5.69. The van der Waals surface area contributed by atoms with E-state index in [9.17, 15) is 13.5 Å². The molecule has 0 amide bonds. The molecule has 0 aromatic carbocycles. The van der Waals surface area contributed by atoms with Crippen LogP contribution in [-0.2, 0) is 16.6 Å². The van der Waals surface area contributed by atoms with Gasteiger partial charge >= 0.3 is 0 Å². The molecule has 98 valence electrons. The highest BCUT2D eigenvalue weighted by atomic mass is 32.2. The number of aromatic nitrogens is 2. The van der Waals surface area contributed by atoms with Gasteiger partial charge in [0.25, 0.3) is 10.0 Å². The van der Waals surface area contributed by atoms with Gasteiger partial charge in [-0.05, 0) is 13.3 Å². The van der Waals surface area contributed by atoms with Gasteiger partial charge in [-0.25, -0.2) is 18.1 Å². The number of nitrogens with one attached hydrogen (secondary N) is 1. The van der Waals surface area contributed by atoms with Crippen molar-refractivity contribution in [2.75, 3.05) is 6.54 Å². The fraction of sp³-hybridized carbons (Fsp3) is 0.700. The van der Waals surface area contributed by atoms with Gasteiger partial charge in [0.2, 0.25) is 0 Å². The van der Waals surface area contributed by atoms with Crippen molar-refractivity contribution in [1.29, 1.82) is 0 Å². The molecule has 0 spiro atoms. The van der Waals surface area contributed by atoms with Crippen molar-refractivity contribution in [3.63, 3.8) is 0 Å². The van der Waals surface area contributed by atoms with E-state index in [2.05, 4.69) is 9.71 Å². The molecule has 0 aliphatic rings. The monoisotopic (exact) mass is 261 g/mol. The molecule has 7 heteroatoms. The second-order valence-electron chi connectivity index (χ2n) is 3.84. The first-order valence-corrected chi connectivity index (χ1v) is 7.17. The molecular formula is C10H19N3O3S. The Morgan fingerprint density at radius 2 is 2.24 bits per heavy atom. The molecule has 0 aliphatic heterocycles. The highest BCUT2D eigenvalue weighted by Gasteiger charge is 2.18. The Hall–Kier alpha value is -0.920. The molecule has 0 aliphatic carbocycles. The van der Waals surface area contributed by atoms with E-state index < -0.39 is 16.1 Å². The van der Waals surface area contributed by atoms with Crippen molar-refractivity contribution in [3.8, 4) is 0 Å². The van der Waals surface area contributed by atoms with Gasteiger partial charge in [-0.3, -0.25) is 0 Å². The summed E-state index contributed by atoms with van der Waals surface area (Å²) in [6, 6.07) is 0. The van der Waals surface area contributed by atoms with Gasteiger partial charge in [0.15, 0.2) is 5.03 Å². The molecule has 1 aromatic rings. The van der Waals surface area contributed by atoms with Crippen LogP contribution in [0.25, 0.3) is 0 Å². The lowest BCUT2D eigenvalue weighted by Gasteiger charge is -2.09. The maximum Gasteiger partial charge on any atom is 0.259 e. The zero-order chi connectivity index (χ0) is 12.9. The first kappa shape index (κ1) is 14.1. The van der Waals surface area contributed by atoms with Gasteiger partial charge < -0.3 is 9.67 Å². The predicted molar refractivity (Wildman–Crippen MR) is 64.0 cm³/mol. The van der Waals surface area contributed by atoms with Crippen LogP contribution in [0.4, 0.5) is 0 Å². The second-order valence-corrected chi connectivity index (χ2v) is 5.55. The number of aliphatic hydroxyl groups is 1. The number of hydrogen-bond donors (Lipinski definition) is 2. The minimum Gasteiger partial charge on any atom is -0.392 e. The molecular weight excluding hydrogens is 242 g/mol. The maximum atomic E-state index is 11.8. The molecule has 0 saturated heterocycles. The van der Waals surface area contributed by atoms with Crippen LogP contribution in [0, 0.1) is 0 Å². The third kappa shape index (κ3) is 4.10. The Labute approximate surface area is 102 Å². The van der Waals surface area contributed by atoms with Crippen LogP contribution in [-0.4, -0.2) is 35.7 Å². The Balaban J connectivity index is 2.62. The summed E-state index contributed by atoms with van der Waals surface area (Å²) in [5.41, 5.74) is 0. The van der Waals surface area contributed by atoms with Crippen LogP contribution in [0.15, 0.2) is 17.6 Å². The SMILES string of the molecule is CCCC(O)CNS(=O)(=O)c1cn(CC)cn1. The van der Waals surface area contributed by atoms with Crippen molar-refractivity contribution in [3.05, 3.63) is 12.5 Å². The van der Waals surface area contributed by atoms with E-state index in [4.69, 9.17) is 0 Å². The number of rotatable bonds is 7. The van der Waals surface area contributed by atoms with E-state index in [1.54, 1.807) is 4.57 Å². The summed E-state index contributed by atoms with van der Waals surface area (Å²) in [6.07, 6.45) is 3.67. The van der Waals surface area contributed by atoms with Crippen molar-refractivity contribution in [2.24, 2.45) is 0 Å². The van der Waals surface area contributed by atoms with Crippen LogP contribution in [0.3, 0.4) is 0 Å². The Morgan fingerprint density at radius 3 is 2.76 bits per heavy atom. The molecule has 1 aromatic heterocycles. The number of nitrogens with zero attached hydrogens (tertiary/aromatic N) is 2. The lowest BCUT2D eigenvalue weighted by Crippen LogP contribution is -2.32. The molecule has 0 fully saturated rings. The molecule has 1 atom stereocenters. The summed E-state index contributed by atoms with van der Waals surface area (Å²) >= 11 is 0. The Morgan fingerprint density at radius 1 is 1.53 bits per heavy atom. The lowest BCUT2D eigenvalue weighted by atomic mass is 10.2. The number of aliphatic hydroxyl groups excluding tert-OH is 1. The molecule has 0 saturated carbocycles. The third-order valence-electron chi connectivity index (χ3n) is 2.38. The minimum absolute atomic E-state index is 0.0111. The molecule has 1 unspecified atom stereocenters. The van der Waals surface area contributed by atoms with Crippen LogP contribution in [0.1, 0.15) is 26.7 Å². The quantitative estimate of drug-likeness (QED) is 0.741. The van der Waals surface area contributed by atoms with Gasteiger partial charge in [-0.2, -0.15) is 0 Å². The van der Waals surface area contributed by atoms with E-state index in [0.29, 0.717) is 13.0 Å². The summed E-state index contributed by atoms with van der Waals surface area (Å²) < 4.78 is 27.6. The van der Waals surface area contributed by atoms with Gasteiger partial charge in [-0.15, -0.1) is 0 Å². The number of sulfonamides is 1. The smallest absolute Gasteiger partial charge is 0.259 e. The summed E-state index contributed by atoms with van der Waals surface area (Å²) in [6.45, 7) is 4.52. The van der Waals surface area contributed by atoms with E-state index in [1.807, 2.05) is 13.8 Å². The van der Waals surface area contributed by atoms with E-state index in [0.717, 1.165) is 6.42 Å². The zero-order valence-corrected chi connectivity index (χ0v) is 10.9. The molecule has 0 radical (unpaired) electrons. The highest BCUT2D eigenvalue weighted by molar-refractivity contribution is 7.89. The fourth-order valence-corrected chi connectivity index (χ4v) is 2.39. The number of hydrogen-bond acceptors (Lipinski definition) is 4. The predicted octanol–water partition coefficient (Wildman–Crippen LogP) is 0.342. The van der Waals surface area contributed by atoms with Crippen molar-refractivity contribution >= 4 is 10.0 Å². The maximum absolute atomic E-state index is 11.8. The standard InChI is InChI=1S/C10H19N3O3S/c1-3-5-9(14)6-12-17(15,16)10-7-13(4-2)8-11-10/h7-9,12,14H,3-6H2,1-2H3. The molecule has 17 heavy (non-hydrogen) atoms. The lowest BCUT2D eigenvalue weighted by molar-refractivity contribution is 0.167. The normalized spacial score (nSPS) is 13.8. The molecule has 2 N–H and O–H groups in total. The topological polar surface area (TPSA) is 84.2 Å². The van der Waals surface area contributed by atoms with Crippen molar-refractivity contribution in [2.45, 2.75) is 44.4 Å². The van der Waals surface area contributed by atoms with Gasteiger partial charge in [0, 0.05) is 19.3 Å². The summed E-state index contributed by atoms with van der Waals surface area (Å²) in [7, 11) is -3.60. The van der Waals surface area contributed by atoms with E-state index >= 15 is 0 Å². The van der Waals surface area contributed by atoms with E-state index in [-0.39, 0.29) is 11.6 Å². The molecule has 0 bridgehead atoms. The van der Waals surface area contributed by atoms with Crippen LogP contribution < -0.4 is 4.72 Å². The first-order chi connectivity index (χ1) is 7.99. The summed E-state index contributed by atoms with van der Waals surface area (Å²) in [5, 5.41) is 9.45. The molecule has 6 nitrogen and oxygen atoms in total. The Bertz CT molecular complexity index is 441. The van der Waals surface area contributed by atoms with Gasteiger partial charge in [0.1, 0.15) is 0 Å². The van der Waals surface area contributed by atoms with Crippen LogP contribution >= 0.6 is 0 Å². The largest absolute Gasteiger partial charge is 0.392 e. The third-order valence-corrected chi connectivity index (χ3v) is 3.69. The zero-order valence-electron chi connectivity index (χ0n) is 10.1. The average molecular weight is 261 g/mol. The minimum atomic E-state index is -3.60. The molecule has 1 heterocycles. The Kier molecular flexibility index (Phi) is 5.10. The van der Waals surface area contributed by atoms with Crippen LogP contribution in [0.5, 0.6) is 0 Å². The van der Waals surface area contributed by atoms with Gasteiger partial charge in [-0.1, -0.05) is 13.3 Å². The highest BCUT2D eigenvalue weighted by Crippen LogP contribution is 2.05. The fourth-order valence-electron chi connectivity index (χ4n) is 1.37. The number of imidazole rings is 1. The van der Waals surface area contributed by atoms with E-state index in [1.165, 1.54) is 12.5 Å². The van der Waals surface area contributed by atoms with Crippen molar-refractivity contribution < 1.29 is 13.5 Å². The summed E-state index contributed by atoms with van der Waals surface area (Å²) in [5.74, 6) is 0. The van der Waals surface area contributed by atoms with Crippen LogP contribution in [0.2, 0.25) is 0 Å². The second kappa shape index (κ2) is 6.13. The molecule has 1 rings (SSSR count). The van der Waals surface area contributed by atoms with Gasteiger partial charge in [0.05, 0.1) is 12.4 Å². The number of aryl methyl sites for hydroxylation is 1. The van der Waals surface area contributed by atoms with Crippen molar-refractivity contribution in [1.82, 2.24) is 14.3 Å². The average Bonchev–Trinajstić information content (AvgIpc) is 2.76.